The van der Waals surface area contributed by atoms with Crippen LogP contribution in [0.2, 0.25) is 0 Å². The number of hydrogen-bond acceptors (Lipinski definition) is 21. The van der Waals surface area contributed by atoms with Crippen molar-refractivity contribution in [3.05, 3.63) is 35.4 Å². The minimum absolute atomic E-state index is 0.0561. The molecule has 0 bridgehead atoms. The summed E-state index contributed by atoms with van der Waals surface area (Å²) in [6.45, 7) is 47.3. The number of carbonyl (C=O) groups excluding carboxylic acids is 18. The standard InChI is InChI=1S/C35H52N6O7.C32H54N6O7.C31H52N6O7/c1-8-12-23(28(42)29(36)43)38-30(44)27-25-22(35(25,6)7)17-41(27)31(45)26(21-15-19-13-10-11-14-20(19)16-21)40-32(46)39-24(34(3,4)5)18-48-33(47)37-9-2;1-30(2,3)20(16-45-29(44)37(9)10)35-28(43)36-24(31(4,5)6)27(42)38-15-18-21(32(18,7)8)22(38)26(41)34-19(23(39)25(33)40)14-17-12-11-13-17;1-10-33-28(43)44-15-19(29(2,3)4)35-27(42)36-23(30(5,6)7)26(41)37-14-17-20(31(17,8)9)21(37)25(40)34-18(13-16-11-12-16)22(38)24(32)39/h10-11,13-14,21-27H,8-9,12,15-18H2,1-7H3,(H2,36,43)(H,37,47)(H,38,44)(H2,39,40,46);17-22,24H,11-16H2,1-10H3,(H2,33,40)(H,34,41)(H2,35,36,43);16-21,23H,10-15H2,1-9H3,(H2,32,39)(H,33,43)(H,34,40)(H2,35,36,42)/t22-,23?,24+,25-,26-,27-;18-,19?,20+,21-,22-,24+;17-,18?,19+,20-,21-,23+/m000/s1. The molecule has 0 aromatic heterocycles. The number of carbonyl (C=O) groups is 18. The van der Waals surface area contributed by atoms with Crippen molar-refractivity contribution in [2.75, 3.05) is 66.6 Å². The Hall–Kier alpha value is -10.9. The highest BCUT2D eigenvalue weighted by Gasteiger charge is 2.73. The van der Waals surface area contributed by atoms with Gasteiger partial charge in [0, 0.05) is 46.8 Å². The van der Waals surface area contributed by atoms with E-state index in [4.69, 9.17) is 31.4 Å². The van der Waals surface area contributed by atoms with Crippen LogP contribution in [0.4, 0.5) is 28.8 Å². The molecule has 766 valence electrons. The molecule has 0 radical (unpaired) electrons. The number of nitrogens with one attached hydrogen (secondary N) is 11. The number of fused-ring (bicyclic) bond motifs is 4. The zero-order valence-electron chi connectivity index (χ0n) is 85.5. The highest BCUT2D eigenvalue weighted by molar-refractivity contribution is 6.39. The lowest BCUT2D eigenvalue weighted by Gasteiger charge is -2.39. The Kier molecular flexibility index (Phi) is 35.8. The van der Waals surface area contributed by atoms with Gasteiger partial charge in [-0.1, -0.05) is 215 Å². The van der Waals surface area contributed by atoms with Crippen LogP contribution in [0.25, 0.3) is 0 Å². The molecule has 3 unspecified atom stereocenters. The van der Waals surface area contributed by atoms with Gasteiger partial charge in [0.25, 0.3) is 17.7 Å². The van der Waals surface area contributed by atoms with E-state index in [1.807, 2.05) is 163 Å². The van der Waals surface area contributed by atoms with Crippen LogP contribution in [0.5, 0.6) is 0 Å². The van der Waals surface area contributed by atoms with Gasteiger partial charge in [0.15, 0.2) is 0 Å². The zero-order valence-corrected chi connectivity index (χ0v) is 85.5. The molecule has 0 spiro atoms. The van der Waals surface area contributed by atoms with Crippen molar-refractivity contribution >= 4 is 107 Å². The Morgan fingerprint density at radius 1 is 0.416 bits per heavy atom. The molecule has 5 saturated carbocycles. The van der Waals surface area contributed by atoms with E-state index in [9.17, 15) is 86.3 Å². The molecule has 3 aliphatic heterocycles. The molecule has 18 atom stereocenters. The van der Waals surface area contributed by atoms with E-state index in [0.29, 0.717) is 64.8 Å². The quantitative estimate of drug-likeness (QED) is 0.0280. The normalized spacial score (nSPS) is 23.7. The molecule has 39 nitrogen and oxygen atoms in total. The molecule has 39 heteroatoms. The third-order valence-electron chi connectivity index (χ3n) is 29.6. The molecule has 10 rings (SSSR count). The molecule has 9 aliphatic rings. The third kappa shape index (κ3) is 27.8. The Balaban J connectivity index is 0.000000253. The molecule has 18 amide bonds. The van der Waals surface area contributed by atoms with Crippen LogP contribution >= 0.6 is 0 Å². The van der Waals surface area contributed by atoms with Crippen molar-refractivity contribution in [2.45, 2.75) is 309 Å². The van der Waals surface area contributed by atoms with Crippen LogP contribution in [0.1, 0.15) is 235 Å². The number of ether oxygens (including phenoxy) is 3. The number of Topliss-reactive ketones (excluding diaryl/α,β-unsaturated/α-hetero) is 3. The number of primary amides is 3. The SMILES string of the molecule is CCCC(NC(=O)[C@@H]1[C@@H]2[C@H](CN1C(=O)[C@@H](NC(=O)N[C@H](COC(=O)NCC)C(C)(C)C)C1Cc3ccccc3C1)C2(C)C)C(=O)C(N)=O.CCNC(=O)OC[C@@H](NC(=O)N[C@H](C(=O)N1C[C@H]2[C@@H]([C@H]1C(=O)NC(CC1CC1)C(=O)C(N)=O)C2(C)C)C(C)(C)C)C(C)(C)C.CN(C)C(=O)OC[C@@H](NC(=O)N[C@H](C(=O)N1C[C@H]2[C@@H]([C@H]1C(=O)NC(CC1CCC1)C(=O)C(N)=O)C2(C)C)C(C)(C)C)C(C)(C)C. The second-order valence-electron chi connectivity index (χ2n) is 46.4. The van der Waals surface area contributed by atoms with Crippen molar-refractivity contribution in [1.82, 2.24) is 78.1 Å². The molecular weight excluding hydrogens is 1770 g/mol. The van der Waals surface area contributed by atoms with Crippen LogP contribution < -0.4 is 75.7 Å². The van der Waals surface area contributed by atoms with Crippen LogP contribution in [-0.4, -0.2) is 266 Å². The number of urea groups is 3. The number of piperidine rings is 3. The highest BCUT2D eigenvalue weighted by Crippen LogP contribution is 2.67. The van der Waals surface area contributed by atoms with Gasteiger partial charge in [0.05, 0.1) is 36.3 Å². The summed E-state index contributed by atoms with van der Waals surface area (Å²) in [7, 11) is 3.13. The van der Waals surface area contributed by atoms with Gasteiger partial charge in [0.1, 0.15) is 56.1 Å². The number of nitrogens with two attached hydrogens (primary N) is 3. The van der Waals surface area contributed by atoms with Crippen LogP contribution in [-0.2, 0) is 84.6 Å². The Morgan fingerprint density at radius 3 is 1.02 bits per heavy atom. The molecule has 6 aliphatic carbocycles. The number of rotatable bonds is 36. The van der Waals surface area contributed by atoms with Gasteiger partial charge in [-0.2, -0.15) is 0 Å². The number of benzene rings is 1. The fourth-order valence-corrected chi connectivity index (χ4v) is 20.0. The van der Waals surface area contributed by atoms with Gasteiger partial charge in [0.2, 0.25) is 52.8 Å². The number of nitrogens with zero attached hydrogens (tertiary/aromatic N) is 4. The smallest absolute Gasteiger partial charge is 0.409 e. The summed E-state index contributed by atoms with van der Waals surface area (Å²) in [6, 6.07) is -4.38. The highest BCUT2D eigenvalue weighted by atomic mass is 16.6. The van der Waals surface area contributed by atoms with Gasteiger partial charge in [-0.05, 0) is 154 Å². The van der Waals surface area contributed by atoms with E-state index < -0.39 is 201 Å². The Morgan fingerprint density at radius 2 is 0.730 bits per heavy atom. The predicted molar refractivity (Wildman–Crippen MR) is 509 cm³/mol. The molecule has 137 heavy (non-hydrogen) atoms. The monoisotopic (exact) mass is 1920 g/mol. The predicted octanol–water partition coefficient (Wildman–Crippen LogP) is 5.76. The van der Waals surface area contributed by atoms with E-state index >= 15 is 0 Å². The first-order chi connectivity index (χ1) is 63.3. The van der Waals surface area contributed by atoms with Gasteiger partial charge >= 0.3 is 36.4 Å². The van der Waals surface area contributed by atoms with E-state index in [-0.39, 0.29) is 102 Å². The number of alkyl carbamates (subject to hydrolysis) is 2. The van der Waals surface area contributed by atoms with Gasteiger partial charge in [-0.15, -0.1) is 0 Å². The molecule has 17 N–H and O–H groups in total. The van der Waals surface area contributed by atoms with Crippen molar-refractivity contribution in [1.29, 1.82) is 0 Å². The van der Waals surface area contributed by atoms with E-state index in [1.165, 1.54) is 14.7 Å². The third-order valence-corrected chi connectivity index (χ3v) is 29.6. The first kappa shape index (κ1) is 111. The van der Waals surface area contributed by atoms with Gasteiger partial charge in [-0.25, -0.2) is 28.8 Å². The van der Waals surface area contributed by atoms with Crippen molar-refractivity contribution in [2.24, 2.45) is 114 Å². The second-order valence-corrected chi connectivity index (χ2v) is 46.4. The van der Waals surface area contributed by atoms with E-state index in [1.54, 1.807) is 32.8 Å². The molecule has 3 saturated heterocycles. The lowest BCUT2D eigenvalue weighted by Crippen LogP contribution is -2.62. The van der Waals surface area contributed by atoms with Crippen LogP contribution in [0.15, 0.2) is 24.3 Å². The first-order valence-electron chi connectivity index (χ1n) is 48.5. The summed E-state index contributed by atoms with van der Waals surface area (Å²) < 4.78 is 16.0. The summed E-state index contributed by atoms with van der Waals surface area (Å²) in [5.41, 5.74) is 14.6. The fourth-order valence-electron chi connectivity index (χ4n) is 20.0. The summed E-state index contributed by atoms with van der Waals surface area (Å²) in [4.78, 5) is 240. The minimum Gasteiger partial charge on any atom is -0.447 e. The van der Waals surface area contributed by atoms with Gasteiger partial charge in [-0.3, -0.25) is 57.5 Å². The molecular formula is C98H158N18O21. The number of likely N-dealkylation sites (tertiary alicyclic amines) is 3. The zero-order chi connectivity index (χ0) is 103. The fraction of sp³-hybridized carbons (Fsp3) is 0.755. The van der Waals surface area contributed by atoms with Crippen molar-refractivity contribution in [3.8, 4) is 0 Å². The lowest BCUT2D eigenvalue weighted by atomic mass is 9.80. The maximum atomic E-state index is 14.6. The number of ketones is 3. The minimum atomic E-state index is -1.13. The maximum absolute atomic E-state index is 14.6. The second kappa shape index (κ2) is 44.1. The van der Waals surface area contributed by atoms with E-state index in [2.05, 4.69) is 72.3 Å². The lowest BCUT2D eigenvalue weighted by molar-refractivity contribution is -0.145. The summed E-state index contributed by atoms with van der Waals surface area (Å²) in [6.07, 6.45) is 5.51. The number of amides is 18. The summed E-state index contributed by atoms with van der Waals surface area (Å²) >= 11 is 0. The average Bonchev–Trinajstić information content (AvgIpc) is 1.53. The Bertz CT molecular complexity index is 4640. The van der Waals surface area contributed by atoms with Gasteiger partial charge < -0.3 is 109 Å². The van der Waals surface area contributed by atoms with Crippen LogP contribution in [0, 0.1) is 96.6 Å². The van der Waals surface area contributed by atoms with Crippen LogP contribution in [0.3, 0.4) is 0 Å². The van der Waals surface area contributed by atoms with Crippen molar-refractivity contribution < 1.29 is 101 Å². The average molecular weight is 1920 g/mol. The first-order valence-corrected chi connectivity index (χ1v) is 48.5. The molecule has 8 fully saturated rings. The largest absolute Gasteiger partial charge is 0.447 e. The topological polar surface area (TPSA) is 558 Å². The van der Waals surface area contributed by atoms with Crippen molar-refractivity contribution in [3.63, 3.8) is 0 Å². The summed E-state index contributed by atoms with van der Waals surface area (Å²) in [5.74, 6) is -8.65. The van der Waals surface area contributed by atoms with E-state index in [0.717, 1.165) is 43.2 Å². The molecule has 1 aromatic rings. The molecule has 3 heterocycles. The number of hydrogen-bond donors (Lipinski definition) is 14. The maximum Gasteiger partial charge on any atom is 0.409 e. The Labute approximate surface area is 806 Å². The summed E-state index contributed by atoms with van der Waals surface area (Å²) in [5, 5.41) is 30.6. The molecule has 1 aromatic carbocycles.